The molecule has 27 heavy (non-hydrogen) atoms. The molecule has 3 rings (SSSR count). The van der Waals surface area contributed by atoms with Crippen LogP contribution in [0.3, 0.4) is 0 Å². The first-order chi connectivity index (χ1) is 13.0. The van der Waals surface area contributed by atoms with Gasteiger partial charge in [0.05, 0.1) is 13.0 Å². The summed E-state index contributed by atoms with van der Waals surface area (Å²) in [5.41, 5.74) is 2.53. The topological polar surface area (TPSA) is 79.9 Å². The van der Waals surface area contributed by atoms with Crippen molar-refractivity contribution in [2.45, 2.75) is 6.42 Å². The molecule has 0 aromatic heterocycles. The number of rotatable bonds is 6. The Bertz CT molecular complexity index is 818. The van der Waals surface area contributed by atoms with E-state index in [-0.39, 0.29) is 24.8 Å². The first kappa shape index (κ1) is 18.6. The number of fused-ring (bicyclic) bond motifs is 1. The zero-order valence-corrected chi connectivity index (χ0v) is 15.5. The molecular weight excluding hydrogens is 346 g/mol. The third kappa shape index (κ3) is 5.13. The summed E-state index contributed by atoms with van der Waals surface area (Å²) in [6, 6.07) is 12.9. The summed E-state index contributed by atoms with van der Waals surface area (Å²) < 4.78 is 11.0. The van der Waals surface area contributed by atoms with Crippen molar-refractivity contribution < 1.29 is 19.1 Å². The van der Waals surface area contributed by atoms with Crippen molar-refractivity contribution >= 4 is 23.2 Å². The summed E-state index contributed by atoms with van der Waals surface area (Å²) in [6.07, 6.45) is 0.168. The highest BCUT2D eigenvalue weighted by atomic mass is 16.6. The molecule has 0 fully saturated rings. The largest absolute Gasteiger partial charge is 0.486 e. The standard InChI is InChI=1S/C20H23N3O4/c1-23(2)16-6-4-15(5-7-16)22-20(25)13-21-19(24)12-14-3-8-17-18(11-14)27-10-9-26-17/h3-8,11H,9-10,12-13H2,1-2H3,(H,21,24)(H,22,25). The van der Waals surface area contributed by atoms with Crippen LogP contribution in [0.2, 0.25) is 0 Å². The average molecular weight is 369 g/mol. The van der Waals surface area contributed by atoms with Crippen LogP contribution in [0.1, 0.15) is 5.56 Å². The molecule has 7 heteroatoms. The number of hydrogen-bond acceptors (Lipinski definition) is 5. The van der Waals surface area contributed by atoms with Crippen LogP contribution in [0, 0.1) is 0 Å². The maximum atomic E-state index is 12.1. The highest BCUT2D eigenvalue weighted by Crippen LogP contribution is 2.30. The number of carbonyl (C=O) groups is 2. The molecule has 2 amide bonds. The van der Waals surface area contributed by atoms with Gasteiger partial charge >= 0.3 is 0 Å². The molecule has 7 nitrogen and oxygen atoms in total. The lowest BCUT2D eigenvalue weighted by molar-refractivity contribution is -0.123. The van der Waals surface area contributed by atoms with Crippen LogP contribution < -0.4 is 25.0 Å². The second-order valence-corrected chi connectivity index (χ2v) is 6.42. The minimum absolute atomic E-state index is 0.0845. The molecule has 2 aromatic rings. The smallest absolute Gasteiger partial charge is 0.243 e. The number of hydrogen-bond donors (Lipinski definition) is 2. The summed E-state index contributed by atoms with van der Waals surface area (Å²) in [6.45, 7) is 0.941. The Labute approximate surface area is 158 Å². The molecule has 1 aliphatic rings. The normalized spacial score (nSPS) is 12.2. The summed E-state index contributed by atoms with van der Waals surface area (Å²) in [5, 5.41) is 5.39. The average Bonchev–Trinajstić information content (AvgIpc) is 2.67. The molecule has 0 aliphatic carbocycles. The molecule has 0 saturated heterocycles. The summed E-state index contributed by atoms with van der Waals surface area (Å²) in [5.74, 6) is 0.823. The number of nitrogens with one attached hydrogen (secondary N) is 2. The lowest BCUT2D eigenvalue weighted by Gasteiger charge is -2.18. The van der Waals surface area contributed by atoms with Crippen LogP contribution in [0.5, 0.6) is 11.5 Å². The first-order valence-electron chi connectivity index (χ1n) is 8.74. The number of ether oxygens (including phenoxy) is 2. The van der Waals surface area contributed by atoms with Crippen LogP contribution in [0.25, 0.3) is 0 Å². The lowest BCUT2D eigenvalue weighted by atomic mass is 10.1. The van der Waals surface area contributed by atoms with Gasteiger partial charge in [0.2, 0.25) is 11.8 Å². The minimum atomic E-state index is -0.275. The maximum Gasteiger partial charge on any atom is 0.243 e. The molecule has 1 aliphatic heterocycles. The van der Waals surface area contributed by atoms with E-state index in [1.54, 1.807) is 12.1 Å². The van der Waals surface area contributed by atoms with Crippen LogP contribution in [0.15, 0.2) is 42.5 Å². The van der Waals surface area contributed by atoms with Crippen molar-refractivity contribution in [2.75, 3.05) is 44.1 Å². The van der Waals surface area contributed by atoms with Crippen molar-refractivity contribution in [1.29, 1.82) is 0 Å². The molecule has 1 heterocycles. The van der Waals surface area contributed by atoms with E-state index >= 15 is 0 Å². The van der Waals surface area contributed by atoms with Gasteiger partial charge in [-0.1, -0.05) is 6.07 Å². The van der Waals surface area contributed by atoms with Crippen LogP contribution in [-0.4, -0.2) is 45.7 Å². The van der Waals surface area contributed by atoms with Gasteiger partial charge in [0.25, 0.3) is 0 Å². The Kier molecular flexibility index (Phi) is 5.80. The summed E-state index contributed by atoms with van der Waals surface area (Å²) >= 11 is 0. The van der Waals surface area contributed by atoms with Crippen molar-refractivity contribution in [3.63, 3.8) is 0 Å². The van der Waals surface area contributed by atoms with E-state index in [1.165, 1.54) is 0 Å². The molecule has 2 N–H and O–H groups in total. The lowest BCUT2D eigenvalue weighted by Crippen LogP contribution is -2.33. The molecule has 0 spiro atoms. The third-order valence-corrected chi connectivity index (χ3v) is 4.08. The zero-order valence-electron chi connectivity index (χ0n) is 15.5. The van der Waals surface area contributed by atoms with E-state index in [0.29, 0.717) is 30.4 Å². The van der Waals surface area contributed by atoms with E-state index in [2.05, 4.69) is 10.6 Å². The van der Waals surface area contributed by atoms with Gasteiger partial charge in [0.1, 0.15) is 13.2 Å². The molecule has 0 atom stereocenters. The highest BCUT2D eigenvalue weighted by molar-refractivity contribution is 5.94. The number of amides is 2. The molecule has 0 radical (unpaired) electrons. The SMILES string of the molecule is CN(C)c1ccc(NC(=O)CNC(=O)Cc2ccc3c(c2)OCCO3)cc1. The fourth-order valence-corrected chi connectivity index (χ4v) is 2.67. The fourth-order valence-electron chi connectivity index (χ4n) is 2.67. The Morgan fingerprint density at radius 3 is 2.37 bits per heavy atom. The maximum absolute atomic E-state index is 12.1. The Morgan fingerprint density at radius 1 is 0.963 bits per heavy atom. The van der Waals surface area contributed by atoms with Crippen molar-refractivity contribution in [3.05, 3.63) is 48.0 Å². The minimum Gasteiger partial charge on any atom is -0.486 e. The van der Waals surface area contributed by atoms with Gasteiger partial charge in [-0.3, -0.25) is 9.59 Å². The quantitative estimate of drug-likeness (QED) is 0.812. The van der Waals surface area contributed by atoms with Gasteiger partial charge in [-0.05, 0) is 42.0 Å². The predicted octanol–water partition coefficient (Wildman–Crippen LogP) is 1.82. The molecule has 2 aromatic carbocycles. The zero-order chi connectivity index (χ0) is 19.2. The van der Waals surface area contributed by atoms with Crippen molar-refractivity contribution in [1.82, 2.24) is 5.32 Å². The fraction of sp³-hybridized carbons (Fsp3) is 0.300. The monoisotopic (exact) mass is 369 g/mol. The molecule has 0 unspecified atom stereocenters. The van der Waals surface area contributed by atoms with E-state index < -0.39 is 0 Å². The summed E-state index contributed by atoms with van der Waals surface area (Å²) in [7, 11) is 3.90. The van der Waals surface area contributed by atoms with Crippen molar-refractivity contribution in [3.8, 4) is 11.5 Å². The second kappa shape index (κ2) is 8.44. The predicted molar refractivity (Wildman–Crippen MR) is 104 cm³/mol. The summed E-state index contributed by atoms with van der Waals surface area (Å²) in [4.78, 5) is 26.1. The van der Waals surface area contributed by atoms with Crippen LogP contribution >= 0.6 is 0 Å². The molecular formula is C20H23N3O4. The molecule has 0 saturated carbocycles. The second-order valence-electron chi connectivity index (χ2n) is 6.42. The number of anilines is 2. The van der Waals surface area contributed by atoms with E-state index in [9.17, 15) is 9.59 Å². The van der Waals surface area contributed by atoms with Crippen LogP contribution in [-0.2, 0) is 16.0 Å². The van der Waals surface area contributed by atoms with Gasteiger partial charge in [-0.25, -0.2) is 0 Å². The highest BCUT2D eigenvalue weighted by Gasteiger charge is 2.13. The van der Waals surface area contributed by atoms with Crippen molar-refractivity contribution in [2.24, 2.45) is 0 Å². The van der Waals surface area contributed by atoms with E-state index in [4.69, 9.17) is 9.47 Å². The Morgan fingerprint density at radius 2 is 1.67 bits per heavy atom. The Hall–Kier alpha value is -3.22. The number of benzene rings is 2. The van der Waals surface area contributed by atoms with Gasteiger partial charge in [-0.15, -0.1) is 0 Å². The number of carbonyl (C=O) groups excluding carboxylic acids is 2. The Balaban J connectivity index is 1.46. The molecule has 0 bridgehead atoms. The van der Waals surface area contributed by atoms with Crippen LogP contribution in [0.4, 0.5) is 11.4 Å². The van der Waals surface area contributed by atoms with E-state index in [1.807, 2.05) is 49.3 Å². The molecule has 142 valence electrons. The van der Waals surface area contributed by atoms with Gasteiger partial charge < -0.3 is 25.0 Å². The van der Waals surface area contributed by atoms with Gasteiger partial charge in [0.15, 0.2) is 11.5 Å². The third-order valence-electron chi connectivity index (χ3n) is 4.08. The number of nitrogens with zero attached hydrogens (tertiary/aromatic N) is 1. The van der Waals surface area contributed by atoms with E-state index in [0.717, 1.165) is 11.3 Å². The van der Waals surface area contributed by atoms with Gasteiger partial charge in [0, 0.05) is 25.5 Å². The first-order valence-corrected chi connectivity index (χ1v) is 8.74. The van der Waals surface area contributed by atoms with Gasteiger partial charge in [-0.2, -0.15) is 0 Å².